The van der Waals surface area contributed by atoms with Crippen LogP contribution in [0.25, 0.3) is 11.3 Å². The topological polar surface area (TPSA) is 43.8 Å². The summed E-state index contributed by atoms with van der Waals surface area (Å²) in [6.07, 6.45) is 2.95. The van der Waals surface area contributed by atoms with Crippen LogP contribution in [0.1, 0.15) is 24.5 Å². The van der Waals surface area contributed by atoms with E-state index in [1.54, 1.807) is 0 Å². The van der Waals surface area contributed by atoms with E-state index in [1.807, 2.05) is 6.20 Å². The van der Waals surface area contributed by atoms with Crippen molar-refractivity contribution in [3.8, 4) is 11.3 Å². The molecule has 1 heterocycles. The van der Waals surface area contributed by atoms with E-state index in [-0.39, 0.29) is 0 Å². The maximum absolute atomic E-state index is 5.65. The lowest BCUT2D eigenvalue weighted by molar-refractivity contribution is 0.609. The molecule has 3 heteroatoms. The monoisotopic (exact) mass is 229 g/mol. The number of hydrogen-bond donors (Lipinski definition) is 1. The molecule has 2 rings (SSSR count). The second-order valence-electron chi connectivity index (χ2n) is 4.29. The summed E-state index contributed by atoms with van der Waals surface area (Å²) < 4.78 is 2.06. The molecule has 0 fully saturated rings. The van der Waals surface area contributed by atoms with Crippen molar-refractivity contribution < 1.29 is 0 Å². The van der Waals surface area contributed by atoms with Gasteiger partial charge in [-0.25, -0.2) is 0 Å². The molecular weight excluding hydrogens is 210 g/mol. The number of nitrogens with zero attached hydrogens (tertiary/aromatic N) is 2. The third-order valence-corrected chi connectivity index (χ3v) is 2.95. The first-order chi connectivity index (χ1) is 8.26. The quantitative estimate of drug-likeness (QED) is 0.876. The maximum Gasteiger partial charge on any atom is 0.0684 e. The van der Waals surface area contributed by atoms with E-state index >= 15 is 0 Å². The zero-order chi connectivity index (χ0) is 12.3. The summed E-state index contributed by atoms with van der Waals surface area (Å²) in [5.41, 5.74) is 10.5. The average Bonchev–Trinajstić information content (AvgIpc) is 2.77. The highest BCUT2D eigenvalue weighted by atomic mass is 15.3. The lowest BCUT2D eigenvalue weighted by Crippen LogP contribution is -2.02. The molecule has 0 saturated heterocycles. The molecule has 0 aliphatic carbocycles. The second kappa shape index (κ2) is 5.15. The standard InChI is InChI=1S/C14H19N3/c1-3-8-17-14(6-7-16-17)13-5-4-12(10-15)9-11(13)2/h4-7,9H,3,8,10,15H2,1-2H3. The highest BCUT2D eigenvalue weighted by Crippen LogP contribution is 2.24. The van der Waals surface area contributed by atoms with E-state index in [2.05, 4.69) is 47.9 Å². The van der Waals surface area contributed by atoms with Gasteiger partial charge >= 0.3 is 0 Å². The van der Waals surface area contributed by atoms with Crippen molar-refractivity contribution in [1.29, 1.82) is 0 Å². The van der Waals surface area contributed by atoms with Crippen LogP contribution in [0, 0.1) is 6.92 Å². The summed E-state index contributed by atoms with van der Waals surface area (Å²) in [4.78, 5) is 0. The predicted molar refractivity (Wildman–Crippen MR) is 70.6 cm³/mol. The minimum Gasteiger partial charge on any atom is -0.326 e. The van der Waals surface area contributed by atoms with Gasteiger partial charge in [0.05, 0.1) is 5.69 Å². The molecule has 0 aliphatic heterocycles. The average molecular weight is 229 g/mol. The SMILES string of the molecule is CCCn1nccc1-c1ccc(CN)cc1C. The van der Waals surface area contributed by atoms with Gasteiger partial charge in [0.2, 0.25) is 0 Å². The molecule has 0 radical (unpaired) electrons. The lowest BCUT2D eigenvalue weighted by atomic mass is 10.0. The number of rotatable bonds is 4. The van der Waals surface area contributed by atoms with Crippen LogP contribution in [-0.4, -0.2) is 9.78 Å². The van der Waals surface area contributed by atoms with Crippen molar-refractivity contribution in [2.75, 3.05) is 0 Å². The second-order valence-corrected chi connectivity index (χ2v) is 4.29. The molecule has 90 valence electrons. The van der Waals surface area contributed by atoms with E-state index < -0.39 is 0 Å². The van der Waals surface area contributed by atoms with E-state index in [9.17, 15) is 0 Å². The number of aromatic nitrogens is 2. The summed E-state index contributed by atoms with van der Waals surface area (Å²) in [5, 5.41) is 4.36. The number of benzene rings is 1. The molecule has 0 saturated carbocycles. The van der Waals surface area contributed by atoms with E-state index in [4.69, 9.17) is 5.73 Å². The summed E-state index contributed by atoms with van der Waals surface area (Å²) in [5.74, 6) is 0. The van der Waals surface area contributed by atoms with Crippen molar-refractivity contribution in [3.05, 3.63) is 41.6 Å². The normalized spacial score (nSPS) is 10.8. The van der Waals surface area contributed by atoms with Gasteiger partial charge in [0.1, 0.15) is 0 Å². The van der Waals surface area contributed by atoms with Crippen LogP contribution in [0.15, 0.2) is 30.5 Å². The van der Waals surface area contributed by atoms with Crippen molar-refractivity contribution >= 4 is 0 Å². The highest BCUT2D eigenvalue weighted by Gasteiger charge is 2.07. The Morgan fingerprint density at radius 2 is 2.12 bits per heavy atom. The smallest absolute Gasteiger partial charge is 0.0684 e. The fourth-order valence-corrected chi connectivity index (χ4v) is 2.09. The van der Waals surface area contributed by atoms with Gasteiger partial charge in [-0.05, 0) is 30.5 Å². The van der Waals surface area contributed by atoms with Crippen molar-refractivity contribution in [2.45, 2.75) is 33.4 Å². The first-order valence-corrected chi connectivity index (χ1v) is 6.08. The molecule has 3 nitrogen and oxygen atoms in total. The Morgan fingerprint density at radius 1 is 1.29 bits per heavy atom. The summed E-state index contributed by atoms with van der Waals surface area (Å²) in [6, 6.07) is 8.45. The van der Waals surface area contributed by atoms with Crippen LogP contribution < -0.4 is 5.73 Å². The first-order valence-electron chi connectivity index (χ1n) is 6.08. The molecule has 1 aromatic carbocycles. The van der Waals surface area contributed by atoms with Crippen molar-refractivity contribution in [2.24, 2.45) is 5.73 Å². The van der Waals surface area contributed by atoms with Gasteiger partial charge in [-0.2, -0.15) is 5.10 Å². The van der Waals surface area contributed by atoms with Gasteiger partial charge in [0.15, 0.2) is 0 Å². The molecule has 0 atom stereocenters. The van der Waals surface area contributed by atoms with Crippen LogP contribution in [0.5, 0.6) is 0 Å². The van der Waals surface area contributed by atoms with Crippen LogP contribution in [-0.2, 0) is 13.1 Å². The van der Waals surface area contributed by atoms with Crippen LogP contribution in [0.3, 0.4) is 0 Å². The van der Waals surface area contributed by atoms with Gasteiger partial charge < -0.3 is 5.73 Å². The molecular formula is C14H19N3. The zero-order valence-electron chi connectivity index (χ0n) is 10.5. The maximum atomic E-state index is 5.65. The highest BCUT2D eigenvalue weighted by molar-refractivity contribution is 5.64. The summed E-state index contributed by atoms with van der Waals surface area (Å²) >= 11 is 0. The zero-order valence-corrected chi connectivity index (χ0v) is 10.5. The minimum atomic E-state index is 0.593. The van der Waals surface area contributed by atoms with Crippen molar-refractivity contribution in [3.63, 3.8) is 0 Å². The first kappa shape index (κ1) is 11.9. The minimum absolute atomic E-state index is 0.593. The molecule has 0 spiro atoms. The van der Waals surface area contributed by atoms with Gasteiger partial charge in [-0.1, -0.05) is 25.1 Å². The van der Waals surface area contributed by atoms with E-state index in [0.717, 1.165) is 13.0 Å². The molecule has 1 aromatic heterocycles. The fourth-order valence-electron chi connectivity index (χ4n) is 2.09. The van der Waals surface area contributed by atoms with E-state index in [1.165, 1.54) is 22.4 Å². The van der Waals surface area contributed by atoms with E-state index in [0.29, 0.717) is 6.54 Å². The largest absolute Gasteiger partial charge is 0.326 e. The van der Waals surface area contributed by atoms with Gasteiger partial charge in [-0.15, -0.1) is 0 Å². The Morgan fingerprint density at radius 3 is 2.76 bits per heavy atom. The molecule has 2 N–H and O–H groups in total. The molecule has 0 unspecified atom stereocenters. The van der Waals surface area contributed by atoms with Crippen LogP contribution in [0.2, 0.25) is 0 Å². The Bertz CT molecular complexity index is 500. The molecule has 2 aromatic rings. The predicted octanol–water partition coefficient (Wildman–Crippen LogP) is 2.73. The number of hydrogen-bond acceptors (Lipinski definition) is 2. The number of aryl methyl sites for hydroxylation is 2. The van der Waals surface area contributed by atoms with Gasteiger partial charge in [0.25, 0.3) is 0 Å². The molecule has 0 aliphatic rings. The summed E-state index contributed by atoms with van der Waals surface area (Å²) in [7, 11) is 0. The third kappa shape index (κ3) is 2.39. The Balaban J connectivity index is 2.42. The molecule has 17 heavy (non-hydrogen) atoms. The van der Waals surface area contributed by atoms with Gasteiger partial charge in [0, 0.05) is 24.8 Å². The van der Waals surface area contributed by atoms with Crippen LogP contribution in [0.4, 0.5) is 0 Å². The Hall–Kier alpha value is -1.61. The lowest BCUT2D eigenvalue weighted by Gasteiger charge is -2.10. The third-order valence-electron chi connectivity index (χ3n) is 2.95. The summed E-state index contributed by atoms with van der Waals surface area (Å²) in [6.45, 7) is 5.84. The van der Waals surface area contributed by atoms with Crippen molar-refractivity contribution in [1.82, 2.24) is 9.78 Å². The van der Waals surface area contributed by atoms with Gasteiger partial charge in [-0.3, -0.25) is 4.68 Å². The van der Waals surface area contributed by atoms with Crippen LogP contribution >= 0.6 is 0 Å². The Kier molecular flexibility index (Phi) is 3.59. The number of nitrogens with two attached hydrogens (primary N) is 1. The molecule has 0 amide bonds. The Labute approximate surface area is 102 Å². The molecule has 0 bridgehead atoms. The fraction of sp³-hybridized carbons (Fsp3) is 0.357.